The predicted molar refractivity (Wildman–Crippen MR) is 121 cm³/mol. The number of ether oxygens (including phenoxy) is 1. The molecule has 1 aliphatic carbocycles. The number of aromatic hydroxyl groups is 1. The Morgan fingerprint density at radius 2 is 2.12 bits per heavy atom. The van der Waals surface area contributed by atoms with Crippen LogP contribution in [-0.4, -0.2) is 62.8 Å². The van der Waals surface area contributed by atoms with Crippen LogP contribution in [0.1, 0.15) is 56.5 Å². The SMILES string of the molecule is CC(C)C[n+]1c(O)c(C(=O)NC2CC2)c(=O)n2[nH]cc(/C=C/C(=O)N3CCOCC3(C)C)c21. The van der Waals surface area contributed by atoms with E-state index >= 15 is 0 Å². The van der Waals surface area contributed by atoms with Crippen LogP contribution in [0.4, 0.5) is 0 Å². The minimum Gasteiger partial charge on any atom is -0.477 e. The highest BCUT2D eigenvalue weighted by Crippen LogP contribution is 2.22. The van der Waals surface area contributed by atoms with Gasteiger partial charge in [0.15, 0.2) is 0 Å². The highest BCUT2D eigenvalue weighted by molar-refractivity contribution is 5.96. The van der Waals surface area contributed by atoms with Crippen LogP contribution in [0, 0.1) is 5.92 Å². The maximum absolute atomic E-state index is 13.1. The molecule has 1 saturated carbocycles. The van der Waals surface area contributed by atoms with Gasteiger partial charge in [-0.05, 0) is 38.7 Å². The molecule has 2 aromatic rings. The van der Waals surface area contributed by atoms with Gasteiger partial charge < -0.3 is 20.1 Å². The molecular formula is C23H32N5O5+. The fraction of sp³-hybridized carbons (Fsp3) is 0.565. The molecule has 33 heavy (non-hydrogen) atoms. The Labute approximate surface area is 191 Å². The fourth-order valence-corrected chi connectivity index (χ4v) is 4.13. The second-order valence-electron chi connectivity index (χ2n) is 9.83. The van der Waals surface area contributed by atoms with E-state index in [0.29, 0.717) is 37.5 Å². The normalized spacial score (nSPS) is 18.4. The summed E-state index contributed by atoms with van der Waals surface area (Å²) in [5.41, 5.74) is -0.406. The molecule has 10 nitrogen and oxygen atoms in total. The Kier molecular flexibility index (Phi) is 6.04. The maximum Gasteiger partial charge on any atom is 0.378 e. The number of H-pyrrole nitrogens is 1. The zero-order valence-electron chi connectivity index (χ0n) is 19.6. The van der Waals surface area contributed by atoms with Crippen LogP contribution in [0.2, 0.25) is 0 Å². The monoisotopic (exact) mass is 458 g/mol. The number of carbonyl (C=O) groups is 2. The Morgan fingerprint density at radius 3 is 2.76 bits per heavy atom. The average Bonchev–Trinajstić information content (AvgIpc) is 3.44. The molecule has 0 bridgehead atoms. The van der Waals surface area contributed by atoms with Gasteiger partial charge in [0, 0.05) is 18.7 Å². The summed E-state index contributed by atoms with van der Waals surface area (Å²) in [4.78, 5) is 40.4. The first-order valence-electron chi connectivity index (χ1n) is 11.4. The Hall–Kier alpha value is -3.14. The van der Waals surface area contributed by atoms with Gasteiger partial charge in [-0.25, -0.2) is 9.89 Å². The number of hydrogen-bond acceptors (Lipinski definition) is 5. The van der Waals surface area contributed by atoms with E-state index in [4.69, 9.17) is 4.74 Å². The van der Waals surface area contributed by atoms with E-state index in [-0.39, 0.29) is 29.3 Å². The number of fused-ring (bicyclic) bond motifs is 1. The summed E-state index contributed by atoms with van der Waals surface area (Å²) >= 11 is 0. The molecular weight excluding hydrogens is 426 g/mol. The predicted octanol–water partition coefficient (Wildman–Crippen LogP) is 0.820. The van der Waals surface area contributed by atoms with E-state index in [0.717, 1.165) is 12.8 Å². The van der Waals surface area contributed by atoms with Crippen molar-refractivity contribution < 1.29 is 24.0 Å². The molecule has 3 heterocycles. The first-order valence-corrected chi connectivity index (χ1v) is 11.4. The number of carbonyl (C=O) groups excluding carboxylic acids is 2. The van der Waals surface area contributed by atoms with Crippen molar-refractivity contribution in [3.8, 4) is 5.88 Å². The quantitative estimate of drug-likeness (QED) is 0.437. The highest BCUT2D eigenvalue weighted by atomic mass is 16.5. The van der Waals surface area contributed by atoms with Gasteiger partial charge in [-0.3, -0.25) is 9.59 Å². The van der Waals surface area contributed by atoms with Crippen LogP contribution in [0.3, 0.4) is 0 Å². The van der Waals surface area contributed by atoms with Gasteiger partial charge in [-0.1, -0.05) is 18.4 Å². The van der Waals surface area contributed by atoms with Crippen molar-refractivity contribution in [3.05, 3.63) is 33.8 Å². The van der Waals surface area contributed by atoms with Crippen LogP contribution >= 0.6 is 0 Å². The van der Waals surface area contributed by atoms with Gasteiger partial charge in [-0.15, -0.1) is 0 Å². The number of aromatic amines is 1. The van der Waals surface area contributed by atoms with Crippen molar-refractivity contribution >= 4 is 23.5 Å². The zero-order valence-corrected chi connectivity index (χ0v) is 19.6. The lowest BCUT2D eigenvalue weighted by Crippen LogP contribution is -2.55. The van der Waals surface area contributed by atoms with Crippen LogP contribution in [-0.2, 0) is 16.1 Å². The van der Waals surface area contributed by atoms with Crippen LogP contribution in [0.25, 0.3) is 11.7 Å². The molecule has 4 rings (SSSR count). The molecule has 1 aliphatic heterocycles. The third-order valence-electron chi connectivity index (χ3n) is 5.98. The lowest BCUT2D eigenvalue weighted by Gasteiger charge is -2.41. The van der Waals surface area contributed by atoms with Crippen LogP contribution in [0.15, 0.2) is 17.1 Å². The summed E-state index contributed by atoms with van der Waals surface area (Å²) < 4.78 is 8.28. The van der Waals surface area contributed by atoms with E-state index in [2.05, 4.69) is 10.4 Å². The first-order chi connectivity index (χ1) is 15.6. The second kappa shape index (κ2) is 8.66. The first kappa shape index (κ1) is 23.0. The lowest BCUT2D eigenvalue weighted by molar-refractivity contribution is -0.686. The third kappa shape index (κ3) is 4.52. The van der Waals surface area contributed by atoms with Crippen molar-refractivity contribution in [2.45, 2.75) is 58.7 Å². The van der Waals surface area contributed by atoms with Gasteiger partial charge in [0.25, 0.3) is 5.91 Å². The number of hydrogen-bond donors (Lipinski definition) is 3. The molecule has 0 unspecified atom stereocenters. The minimum atomic E-state index is -0.638. The molecule has 1 saturated heterocycles. The lowest BCUT2D eigenvalue weighted by atomic mass is 10.0. The molecule has 3 N–H and O–H groups in total. The number of amides is 2. The molecule has 2 aliphatic rings. The molecule has 0 spiro atoms. The average molecular weight is 459 g/mol. The molecule has 0 aromatic carbocycles. The van der Waals surface area contributed by atoms with Gasteiger partial charge in [-0.2, -0.15) is 4.57 Å². The zero-order chi connectivity index (χ0) is 23.9. The van der Waals surface area contributed by atoms with Gasteiger partial charge in [0.1, 0.15) is 0 Å². The molecule has 10 heteroatoms. The van der Waals surface area contributed by atoms with Gasteiger partial charge >= 0.3 is 17.1 Å². The van der Waals surface area contributed by atoms with Crippen molar-refractivity contribution in [1.29, 1.82) is 0 Å². The number of rotatable bonds is 6. The fourth-order valence-electron chi connectivity index (χ4n) is 4.13. The Bertz CT molecular complexity index is 1170. The summed E-state index contributed by atoms with van der Waals surface area (Å²) in [6.45, 7) is 9.68. The van der Waals surface area contributed by atoms with Crippen molar-refractivity contribution in [2.24, 2.45) is 5.92 Å². The molecule has 0 atom stereocenters. The molecule has 178 valence electrons. The molecule has 0 radical (unpaired) electrons. The van der Waals surface area contributed by atoms with Crippen LogP contribution in [0.5, 0.6) is 5.88 Å². The van der Waals surface area contributed by atoms with Gasteiger partial charge in [0.2, 0.25) is 11.5 Å². The van der Waals surface area contributed by atoms with E-state index < -0.39 is 17.0 Å². The highest BCUT2D eigenvalue weighted by Gasteiger charge is 2.35. The maximum atomic E-state index is 13.1. The van der Waals surface area contributed by atoms with Crippen LogP contribution < -0.4 is 15.4 Å². The molecule has 2 aromatic heterocycles. The summed E-state index contributed by atoms with van der Waals surface area (Å²) in [5.74, 6) is -0.987. The Morgan fingerprint density at radius 1 is 1.39 bits per heavy atom. The summed E-state index contributed by atoms with van der Waals surface area (Å²) in [6.07, 6.45) is 6.41. The summed E-state index contributed by atoms with van der Waals surface area (Å²) in [5, 5.41) is 16.6. The topological polar surface area (TPSA) is 120 Å². The summed E-state index contributed by atoms with van der Waals surface area (Å²) in [7, 11) is 0. The summed E-state index contributed by atoms with van der Waals surface area (Å²) in [6, 6.07) is 0.0492. The number of nitrogens with zero attached hydrogens (tertiary/aromatic N) is 3. The van der Waals surface area contributed by atoms with Crippen molar-refractivity contribution in [1.82, 2.24) is 19.8 Å². The number of nitrogens with one attached hydrogen (secondary N) is 2. The van der Waals surface area contributed by atoms with Gasteiger partial charge in [0.05, 0.1) is 37.1 Å². The standard InChI is InChI=1S/C23H31N5O5/c1-14(2)12-26-20-15(5-8-17(29)27-9-10-33-13-23(27,3)4)11-24-28(20)22(32)18(21(26)31)19(30)25-16-6-7-16/h5,8,11,14,16H,6-7,9-10,12-13H2,1-4H3,(H2,25,30,31,32)/p+1/b8-5+. The Balaban J connectivity index is 1.75. The van der Waals surface area contributed by atoms with E-state index in [1.54, 1.807) is 21.7 Å². The van der Waals surface area contributed by atoms with Crippen molar-refractivity contribution in [3.63, 3.8) is 0 Å². The van der Waals surface area contributed by atoms with E-state index in [1.807, 2.05) is 27.7 Å². The number of aromatic nitrogens is 3. The number of morpholine rings is 1. The van der Waals surface area contributed by atoms with Crippen molar-refractivity contribution in [2.75, 3.05) is 19.8 Å². The van der Waals surface area contributed by atoms with E-state index in [9.17, 15) is 19.5 Å². The second-order valence-corrected chi connectivity index (χ2v) is 9.83. The van der Waals surface area contributed by atoms with E-state index in [1.165, 1.54) is 10.6 Å². The third-order valence-corrected chi connectivity index (χ3v) is 5.98. The molecule has 2 fully saturated rings. The smallest absolute Gasteiger partial charge is 0.378 e. The minimum absolute atomic E-state index is 0.0492. The largest absolute Gasteiger partial charge is 0.477 e. The molecule has 2 amide bonds.